The fourth-order valence-electron chi connectivity index (χ4n) is 3.58. The summed E-state index contributed by atoms with van der Waals surface area (Å²) in [6.45, 7) is 7.22. The van der Waals surface area contributed by atoms with E-state index in [-0.39, 0.29) is 0 Å². The average Bonchev–Trinajstić information content (AvgIpc) is 2.51. The largest absolute Gasteiger partial charge is 0.316 e. The van der Waals surface area contributed by atoms with Gasteiger partial charge in [0.05, 0.1) is 0 Å². The second kappa shape index (κ2) is 6.70. The van der Waals surface area contributed by atoms with Crippen LogP contribution in [0.25, 0.3) is 0 Å². The van der Waals surface area contributed by atoms with Crippen LogP contribution in [0.1, 0.15) is 24.4 Å². The number of rotatable bonds is 3. The van der Waals surface area contributed by atoms with E-state index in [1.807, 2.05) is 0 Å². The molecule has 1 N–H and O–H groups in total. The number of piperidine rings is 1. The molecule has 1 aromatic carbocycles. The van der Waals surface area contributed by atoms with E-state index in [2.05, 4.69) is 52.5 Å². The summed E-state index contributed by atoms with van der Waals surface area (Å²) >= 11 is 0. The van der Waals surface area contributed by atoms with Gasteiger partial charge in [0.15, 0.2) is 0 Å². The monoisotopic (exact) mass is 273 g/mol. The zero-order valence-corrected chi connectivity index (χ0v) is 12.6. The van der Waals surface area contributed by atoms with Gasteiger partial charge in [0.25, 0.3) is 0 Å². The van der Waals surface area contributed by atoms with Gasteiger partial charge < -0.3 is 10.2 Å². The molecule has 0 bridgehead atoms. The predicted octanol–water partition coefficient (Wildman–Crippen LogP) is 1.97. The topological polar surface area (TPSA) is 18.5 Å². The number of nitrogens with zero attached hydrogens (tertiary/aromatic N) is 2. The van der Waals surface area contributed by atoms with Gasteiger partial charge >= 0.3 is 0 Å². The molecule has 1 aromatic rings. The third kappa shape index (κ3) is 3.40. The lowest BCUT2D eigenvalue weighted by molar-refractivity contribution is 0.0707. The van der Waals surface area contributed by atoms with Crippen molar-refractivity contribution in [2.24, 2.45) is 5.92 Å². The van der Waals surface area contributed by atoms with Crippen LogP contribution >= 0.6 is 0 Å². The molecule has 2 saturated heterocycles. The molecule has 2 aliphatic heterocycles. The van der Waals surface area contributed by atoms with Crippen molar-refractivity contribution < 1.29 is 0 Å². The Morgan fingerprint density at radius 2 is 2.05 bits per heavy atom. The van der Waals surface area contributed by atoms with Gasteiger partial charge in [-0.3, -0.25) is 4.90 Å². The summed E-state index contributed by atoms with van der Waals surface area (Å²) in [6, 6.07) is 11.6. The summed E-state index contributed by atoms with van der Waals surface area (Å²) in [6.07, 6.45) is 2.73. The summed E-state index contributed by atoms with van der Waals surface area (Å²) in [5, 5.41) is 3.55. The van der Waals surface area contributed by atoms with E-state index in [4.69, 9.17) is 0 Å². The summed E-state index contributed by atoms with van der Waals surface area (Å²) < 4.78 is 0. The van der Waals surface area contributed by atoms with E-state index >= 15 is 0 Å². The van der Waals surface area contributed by atoms with Gasteiger partial charge in [-0.25, -0.2) is 0 Å². The highest BCUT2D eigenvalue weighted by molar-refractivity contribution is 5.20. The van der Waals surface area contributed by atoms with Gasteiger partial charge in [-0.1, -0.05) is 30.3 Å². The van der Waals surface area contributed by atoms with E-state index in [9.17, 15) is 0 Å². The van der Waals surface area contributed by atoms with Gasteiger partial charge in [0, 0.05) is 32.2 Å². The third-order valence-electron chi connectivity index (χ3n) is 4.77. The van der Waals surface area contributed by atoms with Crippen LogP contribution in [-0.4, -0.2) is 56.1 Å². The number of hydrogen-bond donors (Lipinski definition) is 1. The summed E-state index contributed by atoms with van der Waals surface area (Å²) in [4.78, 5) is 5.18. The smallest absolute Gasteiger partial charge is 0.0475 e. The van der Waals surface area contributed by atoms with Crippen LogP contribution < -0.4 is 5.32 Å². The minimum Gasteiger partial charge on any atom is -0.316 e. The number of hydrogen-bond acceptors (Lipinski definition) is 3. The SMILES string of the molecule is CN1CCN(CC2CCCNC2)C(c2ccccc2)C1. The molecule has 3 heteroatoms. The quantitative estimate of drug-likeness (QED) is 0.908. The predicted molar refractivity (Wildman–Crippen MR) is 83.8 cm³/mol. The van der Waals surface area contributed by atoms with Crippen molar-refractivity contribution in [1.29, 1.82) is 0 Å². The molecule has 0 aliphatic carbocycles. The highest BCUT2D eigenvalue weighted by Crippen LogP contribution is 2.26. The molecule has 2 atom stereocenters. The van der Waals surface area contributed by atoms with Crippen LogP contribution in [0.2, 0.25) is 0 Å². The zero-order valence-electron chi connectivity index (χ0n) is 12.6. The van der Waals surface area contributed by atoms with E-state index in [1.54, 1.807) is 0 Å². The summed E-state index contributed by atoms with van der Waals surface area (Å²) in [5.74, 6) is 0.832. The Hall–Kier alpha value is -0.900. The van der Waals surface area contributed by atoms with Crippen LogP contribution in [0.5, 0.6) is 0 Å². The first kappa shape index (κ1) is 14.1. The molecule has 3 nitrogen and oxygen atoms in total. The first-order valence-corrected chi connectivity index (χ1v) is 8.01. The summed E-state index contributed by atoms with van der Waals surface area (Å²) in [7, 11) is 2.25. The molecule has 0 saturated carbocycles. The maximum Gasteiger partial charge on any atom is 0.0475 e. The molecule has 2 aliphatic rings. The second-order valence-corrected chi connectivity index (χ2v) is 6.40. The van der Waals surface area contributed by atoms with Gasteiger partial charge in [0.1, 0.15) is 0 Å². The molecule has 2 fully saturated rings. The van der Waals surface area contributed by atoms with Gasteiger partial charge in [-0.05, 0) is 44.5 Å². The van der Waals surface area contributed by atoms with Crippen molar-refractivity contribution in [2.75, 3.05) is 46.3 Å². The minimum atomic E-state index is 0.567. The Balaban J connectivity index is 1.69. The van der Waals surface area contributed by atoms with E-state index in [0.717, 1.165) is 12.5 Å². The van der Waals surface area contributed by atoms with Crippen molar-refractivity contribution in [2.45, 2.75) is 18.9 Å². The van der Waals surface area contributed by atoms with E-state index in [1.165, 1.54) is 51.1 Å². The Morgan fingerprint density at radius 3 is 2.80 bits per heavy atom. The van der Waals surface area contributed by atoms with E-state index < -0.39 is 0 Å². The molecule has 0 radical (unpaired) electrons. The van der Waals surface area contributed by atoms with Gasteiger partial charge in [0.2, 0.25) is 0 Å². The van der Waals surface area contributed by atoms with E-state index in [0.29, 0.717) is 6.04 Å². The molecule has 0 aromatic heterocycles. The maximum atomic E-state index is 3.55. The Labute approximate surface area is 123 Å². The maximum absolute atomic E-state index is 3.55. The van der Waals surface area contributed by atoms with Crippen LogP contribution in [-0.2, 0) is 0 Å². The Bertz CT molecular complexity index is 400. The lowest BCUT2D eigenvalue weighted by Gasteiger charge is -2.42. The van der Waals surface area contributed by atoms with Crippen molar-refractivity contribution in [3.05, 3.63) is 35.9 Å². The molecule has 0 spiro atoms. The molecular formula is C17H27N3. The third-order valence-corrected chi connectivity index (χ3v) is 4.77. The lowest BCUT2D eigenvalue weighted by atomic mass is 9.96. The number of piperazine rings is 1. The molecule has 110 valence electrons. The van der Waals surface area contributed by atoms with Crippen LogP contribution in [0.4, 0.5) is 0 Å². The summed E-state index contributed by atoms with van der Waals surface area (Å²) in [5.41, 5.74) is 1.47. The highest BCUT2D eigenvalue weighted by atomic mass is 15.3. The average molecular weight is 273 g/mol. The van der Waals surface area contributed by atoms with Gasteiger partial charge in [-0.15, -0.1) is 0 Å². The number of benzene rings is 1. The van der Waals surface area contributed by atoms with Crippen molar-refractivity contribution in [3.63, 3.8) is 0 Å². The normalized spacial score (nSPS) is 29.4. The Morgan fingerprint density at radius 1 is 1.20 bits per heavy atom. The second-order valence-electron chi connectivity index (χ2n) is 6.40. The minimum absolute atomic E-state index is 0.567. The lowest BCUT2D eigenvalue weighted by Crippen LogP contribution is -2.49. The highest BCUT2D eigenvalue weighted by Gasteiger charge is 2.28. The van der Waals surface area contributed by atoms with Crippen molar-refractivity contribution in [3.8, 4) is 0 Å². The molecule has 2 heterocycles. The standard InChI is InChI=1S/C17H27N3/c1-19-10-11-20(13-15-6-5-9-18-12-15)17(14-19)16-7-3-2-4-8-16/h2-4,7-8,15,17-18H,5-6,9-14H2,1H3. The van der Waals surface area contributed by atoms with Crippen LogP contribution in [0, 0.1) is 5.92 Å². The fourth-order valence-corrected chi connectivity index (χ4v) is 3.58. The molecule has 20 heavy (non-hydrogen) atoms. The van der Waals surface area contributed by atoms with Crippen molar-refractivity contribution >= 4 is 0 Å². The van der Waals surface area contributed by atoms with Crippen molar-refractivity contribution in [1.82, 2.24) is 15.1 Å². The molecule has 2 unspecified atom stereocenters. The fraction of sp³-hybridized carbons (Fsp3) is 0.647. The molecule has 0 amide bonds. The Kier molecular flexibility index (Phi) is 4.71. The van der Waals surface area contributed by atoms with Crippen LogP contribution in [0.15, 0.2) is 30.3 Å². The molecular weight excluding hydrogens is 246 g/mol. The molecule has 3 rings (SSSR count). The number of nitrogens with one attached hydrogen (secondary N) is 1. The van der Waals surface area contributed by atoms with Crippen LogP contribution in [0.3, 0.4) is 0 Å². The number of likely N-dealkylation sites (N-methyl/N-ethyl adjacent to an activating group) is 1. The first-order chi connectivity index (χ1) is 9.83. The zero-order chi connectivity index (χ0) is 13.8. The first-order valence-electron chi connectivity index (χ1n) is 8.01. The van der Waals surface area contributed by atoms with Gasteiger partial charge in [-0.2, -0.15) is 0 Å².